The number of primary amides is 1. The van der Waals surface area contributed by atoms with Crippen LogP contribution < -0.4 is 15.5 Å². The largest absolute Gasteiger partial charge is 0.376 e. The fraction of sp³-hybridized carbons (Fsp3) is 0.364. The summed E-state index contributed by atoms with van der Waals surface area (Å²) in [6.45, 7) is 0. The molecule has 0 aromatic heterocycles. The quantitative estimate of drug-likeness (QED) is 0.801. The lowest BCUT2D eigenvalue weighted by Crippen LogP contribution is -2.22. The van der Waals surface area contributed by atoms with Gasteiger partial charge in [-0.05, 0) is 12.1 Å². The van der Waals surface area contributed by atoms with E-state index in [-0.39, 0.29) is 0 Å². The molecule has 0 radical (unpaired) electrons. The second-order valence-electron chi connectivity index (χ2n) is 3.83. The van der Waals surface area contributed by atoms with Crippen molar-refractivity contribution >= 4 is 17.3 Å². The first kappa shape index (κ1) is 11.4. The predicted molar refractivity (Wildman–Crippen MR) is 63.6 cm³/mol. The topological polar surface area (TPSA) is 49.6 Å². The van der Waals surface area contributed by atoms with Crippen LogP contribution in [0, 0.1) is 0 Å². The van der Waals surface area contributed by atoms with Gasteiger partial charge in [0.2, 0.25) is 0 Å². The monoisotopic (exact) mass is 207 g/mol. The van der Waals surface area contributed by atoms with E-state index in [9.17, 15) is 4.79 Å². The Kier molecular flexibility index (Phi) is 3.19. The third kappa shape index (κ3) is 2.21. The number of carbonyl (C=O) groups is 1. The van der Waals surface area contributed by atoms with E-state index >= 15 is 0 Å². The molecule has 0 aliphatic heterocycles. The van der Waals surface area contributed by atoms with Crippen LogP contribution in [0.3, 0.4) is 0 Å². The van der Waals surface area contributed by atoms with Gasteiger partial charge >= 0.3 is 0 Å². The molecule has 1 amide bonds. The SMILES string of the molecule is CN(C)c1cccc(C(N)=O)c1N(C)C. The van der Waals surface area contributed by atoms with Crippen LogP contribution in [-0.2, 0) is 0 Å². The minimum atomic E-state index is -0.401. The third-order valence-corrected chi connectivity index (χ3v) is 2.21. The van der Waals surface area contributed by atoms with Gasteiger partial charge in [-0.1, -0.05) is 6.07 Å². The average Bonchev–Trinajstić information content (AvgIpc) is 2.16. The Balaban J connectivity index is 3.42. The summed E-state index contributed by atoms with van der Waals surface area (Å²) in [5.41, 5.74) is 7.72. The van der Waals surface area contributed by atoms with Crippen molar-refractivity contribution in [2.75, 3.05) is 38.0 Å². The highest BCUT2D eigenvalue weighted by Gasteiger charge is 2.14. The van der Waals surface area contributed by atoms with Gasteiger partial charge in [-0.25, -0.2) is 0 Å². The van der Waals surface area contributed by atoms with Gasteiger partial charge in [-0.3, -0.25) is 4.79 Å². The number of amides is 1. The summed E-state index contributed by atoms with van der Waals surface area (Å²) in [4.78, 5) is 15.1. The van der Waals surface area contributed by atoms with Gasteiger partial charge in [-0.15, -0.1) is 0 Å². The van der Waals surface area contributed by atoms with Crippen molar-refractivity contribution in [2.45, 2.75) is 0 Å². The molecule has 0 fully saturated rings. The maximum Gasteiger partial charge on any atom is 0.250 e. The van der Waals surface area contributed by atoms with E-state index in [2.05, 4.69) is 0 Å². The molecular formula is C11H17N3O. The minimum absolute atomic E-state index is 0.401. The van der Waals surface area contributed by atoms with E-state index in [1.54, 1.807) is 6.07 Å². The molecule has 82 valence electrons. The number of nitrogens with two attached hydrogens (primary N) is 1. The van der Waals surface area contributed by atoms with Crippen molar-refractivity contribution in [1.29, 1.82) is 0 Å². The lowest BCUT2D eigenvalue weighted by atomic mass is 10.1. The molecule has 0 bridgehead atoms. The van der Waals surface area contributed by atoms with Crippen molar-refractivity contribution < 1.29 is 4.79 Å². The highest BCUT2D eigenvalue weighted by Crippen LogP contribution is 2.30. The molecule has 1 aromatic carbocycles. The number of anilines is 2. The molecule has 0 aliphatic carbocycles. The summed E-state index contributed by atoms with van der Waals surface area (Å²) in [5.74, 6) is -0.401. The second kappa shape index (κ2) is 4.21. The number of carbonyl (C=O) groups excluding carboxylic acids is 1. The number of nitrogens with zero attached hydrogens (tertiary/aromatic N) is 2. The summed E-state index contributed by atoms with van der Waals surface area (Å²) in [6, 6.07) is 5.54. The fourth-order valence-corrected chi connectivity index (χ4v) is 1.56. The van der Waals surface area contributed by atoms with Crippen LogP contribution in [0.15, 0.2) is 18.2 Å². The van der Waals surface area contributed by atoms with Crippen LogP contribution in [0.25, 0.3) is 0 Å². The molecule has 4 nitrogen and oxygen atoms in total. The number of hydrogen-bond donors (Lipinski definition) is 1. The third-order valence-electron chi connectivity index (χ3n) is 2.21. The zero-order chi connectivity index (χ0) is 11.6. The number of benzene rings is 1. The Morgan fingerprint density at radius 2 is 1.73 bits per heavy atom. The van der Waals surface area contributed by atoms with Gasteiger partial charge in [0.1, 0.15) is 0 Å². The highest BCUT2D eigenvalue weighted by atomic mass is 16.1. The first-order valence-electron chi connectivity index (χ1n) is 4.72. The summed E-state index contributed by atoms with van der Waals surface area (Å²) in [7, 11) is 7.67. The molecule has 0 heterocycles. The molecule has 0 unspecified atom stereocenters. The fourth-order valence-electron chi connectivity index (χ4n) is 1.56. The van der Waals surface area contributed by atoms with E-state index in [1.165, 1.54) is 0 Å². The first-order valence-corrected chi connectivity index (χ1v) is 4.72. The van der Waals surface area contributed by atoms with E-state index in [1.807, 2.05) is 50.1 Å². The maximum absolute atomic E-state index is 11.3. The normalized spacial score (nSPS) is 9.87. The summed E-state index contributed by atoms with van der Waals surface area (Å²) in [6.07, 6.45) is 0. The highest BCUT2D eigenvalue weighted by molar-refractivity contribution is 6.01. The molecule has 15 heavy (non-hydrogen) atoms. The average molecular weight is 207 g/mol. The Morgan fingerprint density at radius 1 is 1.13 bits per heavy atom. The van der Waals surface area contributed by atoms with Crippen LogP contribution in [0.2, 0.25) is 0 Å². The van der Waals surface area contributed by atoms with E-state index in [0.29, 0.717) is 5.56 Å². The van der Waals surface area contributed by atoms with Gasteiger partial charge in [0, 0.05) is 28.2 Å². The van der Waals surface area contributed by atoms with Crippen molar-refractivity contribution in [2.24, 2.45) is 5.73 Å². The number of para-hydroxylation sites is 1. The van der Waals surface area contributed by atoms with Crippen LogP contribution in [0.1, 0.15) is 10.4 Å². The maximum atomic E-state index is 11.3. The number of rotatable bonds is 3. The predicted octanol–water partition coefficient (Wildman–Crippen LogP) is 0.918. The molecule has 0 spiro atoms. The summed E-state index contributed by atoms with van der Waals surface area (Å²) >= 11 is 0. The van der Waals surface area contributed by atoms with Gasteiger partial charge in [0.25, 0.3) is 5.91 Å². The van der Waals surface area contributed by atoms with Gasteiger partial charge in [0.05, 0.1) is 16.9 Å². The molecule has 0 saturated carbocycles. The first-order chi connectivity index (χ1) is 6.95. The minimum Gasteiger partial charge on any atom is -0.376 e. The second-order valence-corrected chi connectivity index (χ2v) is 3.83. The standard InChI is InChI=1S/C11H17N3O/c1-13(2)9-7-5-6-8(11(12)15)10(9)14(3)4/h5-7H,1-4H3,(H2,12,15). The zero-order valence-corrected chi connectivity index (χ0v) is 9.61. The molecule has 1 rings (SSSR count). The van der Waals surface area contributed by atoms with Crippen LogP contribution in [-0.4, -0.2) is 34.1 Å². The van der Waals surface area contributed by atoms with Gasteiger partial charge < -0.3 is 15.5 Å². The molecule has 2 N–H and O–H groups in total. The van der Waals surface area contributed by atoms with Crippen LogP contribution in [0.5, 0.6) is 0 Å². The van der Waals surface area contributed by atoms with Crippen molar-refractivity contribution in [3.8, 4) is 0 Å². The van der Waals surface area contributed by atoms with Gasteiger partial charge in [0.15, 0.2) is 0 Å². The molecule has 0 atom stereocenters. The van der Waals surface area contributed by atoms with Crippen molar-refractivity contribution in [3.05, 3.63) is 23.8 Å². The Hall–Kier alpha value is -1.71. The zero-order valence-electron chi connectivity index (χ0n) is 9.61. The van der Waals surface area contributed by atoms with Crippen molar-refractivity contribution in [3.63, 3.8) is 0 Å². The Labute approximate surface area is 90.3 Å². The van der Waals surface area contributed by atoms with E-state index in [4.69, 9.17) is 5.73 Å². The smallest absolute Gasteiger partial charge is 0.250 e. The molecular weight excluding hydrogens is 190 g/mol. The Morgan fingerprint density at radius 3 is 2.13 bits per heavy atom. The molecule has 0 aliphatic rings. The molecule has 4 heteroatoms. The Bertz CT molecular complexity index is 372. The summed E-state index contributed by atoms with van der Waals surface area (Å²) < 4.78 is 0. The van der Waals surface area contributed by atoms with Gasteiger partial charge in [-0.2, -0.15) is 0 Å². The molecule has 0 saturated heterocycles. The van der Waals surface area contributed by atoms with Crippen LogP contribution in [0.4, 0.5) is 11.4 Å². The van der Waals surface area contributed by atoms with E-state index < -0.39 is 5.91 Å². The van der Waals surface area contributed by atoms with E-state index in [0.717, 1.165) is 11.4 Å². The van der Waals surface area contributed by atoms with Crippen LogP contribution >= 0.6 is 0 Å². The number of hydrogen-bond acceptors (Lipinski definition) is 3. The molecule has 1 aromatic rings. The van der Waals surface area contributed by atoms with Crippen molar-refractivity contribution in [1.82, 2.24) is 0 Å². The summed E-state index contributed by atoms with van der Waals surface area (Å²) in [5, 5.41) is 0. The lowest BCUT2D eigenvalue weighted by Gasteiger charge is -2.24. The lowest BCUT2D eigenvalue weighted by molar-refractivity contribution is 0.100.